The maximum atomic E-state index is 13.8. The number of ketones is 2. The van der Waals surface area contributed by atoms with Gasteiger partial charge in [-0.3, -0.25) is 34.0 Å². The zero-order chi connectivity index (χ0) is 24.8. The van der Waals surface area contributed by atoms with Crippen molar-refractivity contribution in [1.29, 1.82) is 0 Å². The molecule has 2 aliphatic heterocycles. The van der Waals surface area contributed by atoms with E-state index in [0.717, 1.165) is 0 Å². The Morgan fingerprint density at radius 1 is 0.528 bits per heavy atom. The Labute approximate surface area is 205 Å². The van der Waals surface area contributed by atoms with Gasteiger partial charge >= 0.3 is 0 Å². The van der Waals surface area contributed by atoms with Crippen molar-refractivity contribution in [2.24, 2.45) is 0 Å². The molecule has 0 N–H and O–H groups in total. The van der Waals surface area contributed by atoms with Crippen molar-refractivity contribution < 1.29 is 19.2 Å². The van der Waals surface area contributed by atoms with Crippen molar-refractivity contribution in [2.45, 2.75) is 0 Å². The number of Topliss-reactive ketones (excluding diaryl/α,β-unsaturated/α-hetero) is 2. The monoisotopic (exact) mass is 471 g/mol. The van der Waals surface area contributed by atoms with Gasteiger partial charge < -0.3 is 0 Å². The summed E-state index contributed by atoms with van der Waals surface area (Å²) in [6.07, 6.45) is 2.96. The molecule has 0 atom stereocenters. The van der Waals surface area contributed by atoms with E-state index in [9.17, 15) is 19.2 Å². The lowest BCUT2D eigenvalue weighted by Gasteiger charge is -2.24. The van der Waals surface area contributed by atoms with Gasteiger partial charge in [-0.2, -0.15) is 0 Å². The standard InChI is InChI=1S/C29H17N3O4/c33-26-20-10-4-6-12-22(20)31(28(35)18-8-2-1-3-9-18)24(26)25-27(34)21-11-5-7-13-23(21)32(25)29(36)19-14-16-30-17-15-19/h1-17H/b25-24+. The number of hydrogen-bond donors (Lipinski definition) is 0. The molecule has 36 heavy (non-hydrogen) atoms. The number of allylic oxidation sites excluding steroid dienone is 2. The quantitative estimate of drug-likeness (QED) is 0.396. The number of aromatic nitrogens is 1. The van der Waals surface area contributed by atoms with Gasteiger partial charge in [-0.05, 0) is 48.5 Å². The van der Waals surface area contributed by atoms with E-state index >= 15 is 0 Å². The number of carbonyl (C=O) groups excluding carboxylic acids is 4. The number of rotatable bonds is 2. The molecule has 0 fully saturated rings. The van der Waals surface area contributed by atoms with Crippen molar-refractivity contribution in [1.82, 2.24) is 4.98 Å². The summed E-state index contributed by atoms with van der Waals surface area (Å²) in [7, 11) is 0. The lowest BCUT2D eigenvalue weighted by atomic mass is 10.1. The summed E-state index contributed by atoms with van der Waals surface area (Å²) in [6.45, 7) is 0. The number of para-hydroxylation sites is 2. The predicted molar refractivity (Wildman–Crippen MR) is 133 cm³/mol. The van der Waals surface area contributed by atoms with Crippen molar-refractivity contribution in [3.63, 3.8) is 0 Å². The molecule has 0 spiro atoms. The normalized spacial score (nSPS) is 16.2. The Kier molecular flexibility index (Phi) is 4.90. The van der Waals surface area contributed by atoms with E-state index < -0.39 is 23.4 Å². The van der Waals surface area contributed by atoms with Gasteiger partial charge in [0.05, 0.1) is 11.4 Å². The van der Waals surface area contributed by atoms with Gasteiger partial charge in [-0.25, -0.2) is 0 Å². The lowest BCUT2D eigenvalue weighted by Crippen LogP contribution is -2.36. The van der Waals surface area contributed by atoms with Crippen molar-refractivity contribution in [3.05, 3.63) is 137 Å². The number of hydrogen-bond acceptors (Lipinski definition) is 5. The largest absolute Gasteiger partial charge is 0.287 e. The van der Waals surface area contributed by atoms with Crippen LogP contribution in [-0.2, 0) is 0 Å². The second kappa shape index (κ2) is 8.25. The fourth-order valence-electron chi connectivity index (χ4n) is 4.60. The molecule has 0 bridgehead atoms. The summed E-state index contributed by atoms with van der Waals surface area (Å²) in [6, 6.07) is 24.9. The molecule has 1 aromatic heterocycles. The first kappa shape index (κ1) is 21.4. The van der Waals surface area contributed by atoms with Crippen LogP contribution in [0.15, 0.2) is 115 Å². The van der Waals surface area contributed by atoms with Crippen molar-refractivity contribution in [3.8, 4) is 0 Å². The summed E-state index contributed by atoms with van der Waals surface area (Å²) in [5, 5.41) is 0. The molecular weight excluding hydrogens is 454 g/mol. The van der Waals surface area contributed by atoms with Crippen LogP contribution < -0.4 is 9.80 Å². The third kappa shape index (κ3) is 3.10. The van der Waals surface area contributed by atoms with Gasteiger partial charge in [0, 0.05) is 34.6 Å². The number of amides is 2. The molecule has 0 saturated carbocycles. The highest BCUT2D eigenvalue weighted by molar-refractivity contribution is 6.35. The van der Waals surface area contributed by atoms with Crippen molar-refractivity contribution >= 4 is 34.8 Å². The topological polar surface area (TPSA) is 87.7 Å². The molecule has 4 aromatic rings. The molecule has 3 aromatic carbocycles. The summed E-state index contributed by atoms with van der Waals surface area (Å²) in [4.78, 5) is 61.5. The average molecular weight is 471 g/mol. The third-order valence-electron chi connectivity index (χ3n) is 6.24. The second-order valence-corrected chi connectivity index (χ2v) is 8.27. The van der Waals surface area contributed by atoms with Crippen LogP contribution in [0.4, 0.5) is 11.4 Å². The highest BCUT2D eigenvalue weighted by Gasteiger charge is 2.46. The van der Waals surface area contributed by atoms with Crippen LogP contribution in [0.3, 0.4) is 0 Å². The molecule has 6 rings (SSSR count). The van der Waals surface area contributed by atoms with Gasteiger partial charge in [0.15, 0.2) is 0 Å². The van der Waals surface area contributed by atoms with E-state index in [4.69, 9.17) is 0 Å². The first-order valence-electron chi connectivity index (χ1n) is 11.2. The van der Waals surface area contributed by atoms with E-state index in [2.05, 4.69) is 4.98 Å². The molecule has 2 aliphatic rings. The zero-order valence-electron chi connectivity index (χ0n) is 18.8. The van der Waals surface area contributed by atoms with Crippen LogP contribution in [0.1, 0.15) is 41.4 Å². The number of carbonyl (C=O) groups is 4. The van der Waals surface area contributed by atoms with Crippen LogP contribution in [0.2, 0.25) is 0 Å². The number of pyridine rings is 1. The third-order valence-corrected chi connectivity index (χ3v) is 6.24. The van der Waals surface area contributed by atoms with E-state index in [1.807, 2.05) is 0 Å². The Morgan fingerprint density at radius 3 is 1.44 bits per heavy atom. The Bertz CT molecular complexity index is 1490. The molecule has 0 radical (unpaired) electrons. The fraction of sp³-hybridized carbons (Fsp3) is 0. The van der Waals surface area contributed by atoms with Crippen LogP contribution in [-0.4, -0.2) is 28.4 Å². The number of anilines is 2. The van der Waals surface area contributed by atoms with Gasteiger partial charge in [-0.15, -0.1) is 0 Å². The molecule has 3 heterocycles. The van der Waals surface area contributed by atoms with E-state index in [1.54, 1.807) is 78.9 Å². The number of benzene rings is 3. The summed E-state index contributed by atoms with van der Waals surface area (Å²) in [5.74, 6) is -1.99. The van der Waals surface area contributed by atoms with Gasteiger partial charge in [0.25, 0.3) is 11.8 Å². The van der Waals surface area contributed by atoms with E-state index in [1.165, 1.54) is 34.3 Å². The molecule has 0 saturated heterocycles. The van der Waals surface area contributed by atoms with Gasteiger partial charge in [0.1, 0.15) is 11.4 Å². The van der Waals surface area contributed by atoms with Crippen LogP contribution >= 0.6 is 0 Å². The Hall–Kier alpha value is -5.17. The van der Waals surface area contributed by atoms with Crippen LogP contribution in [0.25, 0.3) is 0 Å². The first-order chi connectivity index (χ1) is 17.6. The molecule has 0 aliphatic carbocycles. The van der Waals surface area contributed by atoms with Crippen LogP contribution in [0, 0.1) is 0 Å². The first-order valence-corrected chi connectivity index (χ1v) is 11.2. The van der Waals surface area contributed by atoms with Crippen LogP contribution in [0.5, 0.6) is 0 Å². The Morgan fingerprint density at radius 2 is 0.944 bits per heavy atom. The number of fused-ring (bicyclic) bond motifs is 2. The van der Waals surface area contributed by atoms with E-state index in [0.29, 0.717) is 16.9 Å². The summed E-state index contributed by atoms with van der Waals surface area (Å²) >= 11 is 0. The molecule has 0 unspecified atom stereocenters. The molecular formula is C29H17N3O4. The molecule has 7 nitrogen and oxygen atoms in total. The van der Waals surface area contributed by atoms with Gasteiger partial charge in [0.2, 0.25) is 11.6 Å². The maximum Gasteiger partial charge on any atom is 0.263 e. The minimum Gasteiger partial charge on any atom is -0.287 e. The minimum absolute atomic E-state index is 0.145. The van der Waals surface area contributed by atoms with E-state index in [-0.39, 0.29) is 28.1 Å². The molecule has 2 amide bonds. The highest BCUT2D eigenvalue weighted by Crippen LogP contribution is 2.43. The predicted octanol–water partition coefficient (Wildman–Crippen LogP) is 4.68. The summed E-state index contributed by atoms with van der Waals surface area (Å²) in [5.41, 5.74) is 1.60. The zero-order valence-corrected chi connectivity index (χ0v) is 18.8. The molecule has 7 heteroatoms. The van der Waals surface area contributed by atoms with Gasteiger partial charge in [-0.1, -0.05) is 42.5 Å². The number of nitrogens with zero attached hydrogens (tertiary/aromatic N) is 3. The Balaban J connectivity index is 1.63. The average Bonchev–Trinajstić information content (AvgIpc) is 3.39. The second-order valence-electron chi connectivity index (χ2n) is 8.27. The molecule has 172 valence electrons. The SMILES string of the molecule is O=C1/C(=C2/C(=O)c3ccccc3N2C(=O)c2ccncc2)N(C(=O)c2ccccc2)c2ccccc21. The fourth-order valence-corrected chi connectivity index (χ4v) is 4.60. The highest BCUT2D eigenvalue weighted by atomic mass is 16.2. The van der Waals surface area contributed by atoms with Crippen molar-refractivity contribution in [2.75, 3.05) is 9.80 Å². The smallest absolute Gasteiger partial charge is 0.263 e. The maximum absolute atomic E-state index is 13.8. The minimum atomic E-state index is -0.505. The summed E-state index contributed by atoms with van der Waals surface area (Å²) < 4.78 is 0. The lowest BCUT2D eigenvalue weighted by molar-refractivity contribution is 0.0953.